The molecular formula is C23H21FN4O4S. The third-order valence-electron chi connectivity index (χ3n) is 4.78. The van der Waals surface area contributed by atoms with Gasteiger partial charge in [0.2, 0.25) is 11.6 Å². The first-order chi connectivity index (χ1) is 16.0. The number of halogens is 1. The third kappa shape index (κ3) is 4.65. The maximum absolute atomic E-state index is 13.8. The number of thiophene rings is 1. The first-order valence-electron chi connectivity index (χ1n) is 9.88. The molecule has 0 spiro atoms. The van der Waals surface area contributed by atoms with Crippen LogP contribution in [0.2, 0.25) is 0 Å². The highest BCUT2D eigenvalue weighted by atomic mass is 32.1. The number of nitrogens with zero attached hydrogens (tertiary/aromatic N) is 3. The first kappa shape index (κ1) is 22.3. The monoisotopic (exact) mass is 468 g/mol. The van der Waals surface area contributed by atoms with Gasteiger partial charge in [0, 0.05) is 6.54 Å². The minimum atomic E-state index is -0.475. The molecule has 2 aromatic carbocycles. The molecule has 0 saturated carbocycles. The summed E-state index contributed by atoms with van der Waals surface area (Å²) >= 11 is 1.45. The van der Waals surface area contributed by atoms with Crippen LogP contribution in [0.1, 0.15) is 16.2 Å². The van der Waals surface area contributed by atoms with Crippen molar-refractivity contribution in [2.24, 2.45) is 0 Å². The Morgan fingerprint density at radius 2 is 1.82 bits per heavy atom. The van der Waals surface area contributed by atoms with Gasteiger partial charge in [-0.3, -0.25) is 4.79 Å². The highest BCUT2D eigenvalue weighted by Crippen LogP contribution is 2.38. The number of benzene rings is 2. The van der Waals surface area contributed by atoms with E-state index in [0.717, 1.165) is 10.4 Å². The standard InChI is InChI=1S/C23H21FN4O4S/c1-30-17-10-14(11-18(31-2)20(17)32-3)13-25-23(29)21-26-22(19-8-5-9-33-19)28(27-21)16-7-4-6-15(24)12-16/h4-12H,13H2,1-3H3,(H,25,29). The van der Waals surface area contributed by atoms with Crippen LogP contribution in [0.25, 0.3) is 16.4 Å². The van der Waals surface area contributed by atoms with Crippen molar-refractivity contribution in [2.75, 3.05) is 21.3 Å². The van der Waals surface area contributed by atoms with E-state index in [0.29, 0.717) is 28.8 Å². The second kappa shape index (κ2) is 9.70. The number of methoxy groups -OCH3 is 3. The Kier molecular flexibility index (Phi) is 6.55. The molecule has 0 bridgehead atoms. The number of hydrogen-bond donors (Lipinski definition) is 1. The van der Waals surface area contributed by atoms with Gasteiger partial charge >= 0.3 is 0 Å². The van der Waals surface area contributed by atoms with E-state index >= 15 is 0 Å². The van der Waals surface area contributed by atoms with Gasteiger partial charge in [-0.05, 0) is 47.3 Å². The SMILES string of the molecule is COc1cc(CNC(=O)c2nc(-c3cccs3)n(-c3cccc(F)c3)n2)cc(OC)c1OC. The Hall–Kier alpha value is -3.92. The Morgan fingerprint density at radius 1 is 1.06 bits per heavy atom. The highest BCUT2D eigenvalue weighted by Gasteiger charge is 2.20. The van der Waals surface area contributed by atoms with Gasteiger partial charge in [0.1, 0.15) is 5.82 Å². The van der Waals surface area contributed by atoms with Gasteiger partial charge in [-0.2, -0.15) is 0 Å². The van der Waals surface area contributed by atoms with E-state index in [1.54, 1.807) is 24.3 Å². The maximum Gasteiger partial charge on any atom is 0.291 e. The Morgan fingerprint density at radius 3 is 2.42 bits per heavy atom. The van der Waals surface area contributed by atoms with E-state index in [1.165, 1.54) is 49.5 Å². The quantitative estimate of drug-likeness (QED) is 0.419. The van der Waals surface area contributed by atoms with E-state index in [9.17, 15) is 9.18 Å². The summed E-state index contributed by atoms with van der Waals surface area (Å²) in [5, 5.41) is 9.05. The fraction of sp³-hybridized carbons (Fsp3) is 0.174. The summed E-state index contributed by atoms with van der Waals surface area (Å²) in [6, 6.07) is 13.2. The second-order valence-corrected chi connectivity index (χ2v) is 7.79. The van der Waals surface area contributed by atoms with Crippen LogP contribution in [0.3, 0.4) is 0 Å². The van der Waals surface area contributed by atoms with Gasteiger partial charge < -0.3 is 19.5 Å². The van der Waals surface area contributed by atoms with Crippen LogP contribution in [0, 0.1) is 5.82 Å². The summed E-state index contributed by atoms with van der Waals surface area (Å²) in [7, 11) is 4.57. The number of hydrogen-bond acceptors (Lipinski definition) is 7. The molecule has 0 aliphatic carbocycles. The lowest BCUT2D eigenvalue weighted by Gasteiger charge is -2.14. The molecule has 1 amide bonds. The molecule has 2 heterocycles. The molecule has 33 heavy (non-hydrogen) atoms. The Bertz CT molecular complexity index is 1250. The normalized spacial score (nSPS) is 10.7. The van der Waals surface area contributed by atoms with Crippen LogP contribution in [-0.2, 0) is 6.54 Å². The molecule has 4 aromatic rings. The summed E-state index contributed by atoms with van der Waals surface area (Å²) in [6.07, 6.45) is 0. The molecule has 0 aliphatic heterocycles. The van der Waals surface area contributed by atoms with Crippen LogP contribution in [0.4, 0.5) is 4.39 Å². The van der Waals surface area contributed by atoms with Crippen LogP contribution in [0.15, 0.2) is 53.9 Å². The zero-order valence-corrected chi connectivity index (χ0v) is 19.0. The predicted molar refractivity (Wildman–Crippen MR) is 122 cm³/mol. The van der Waals surface area contributed by atoms with Crippen molar-refractivity contribution in [3.63, 3.8) is 0 Å². The average molecular weight is 469 g/mol. The van der Waals surface area contributed by atoms with Gasteiger partial charge in [0.15, 0.2) is 17.3 Å². The number of nitrogens with one attached hydrogen (secondary N) is 1. The molecular weight excluding hydrogens is 447 g/mol. The zero-order chi connectivity index (χ0) is 23.4. The summed E-state index contributed by atoms with van der Waals surface area (Å²) in [6.45, 7) is 0.179. The van der Waals surface area contributed by atoms with Crippen LogP contribution in [-0.4, -0.2) is 42.0 Å². The molecule has 0 fully saturated rings. The molecule has 0 radical (unpaired) electrons. The van der Waals surface area contributed by atoms with E-state index < -0.39 is 11.7 Å². The van der Waals surface area contributed by atoms with Crippen molar-refractivity contribution in [1.29, 1.82) is 0 Å². The van der Waals surface area contributed by atoms with Gasteiger partial charge in [-0.25, -0.2) is 14.1 Å². The summed E-state index contributed by atoms with van der Waals surface area (Å²) < 4.78 is 31.3. The smallest absolute Gasteiger partial charge is 0.291 e. The molecule has 170 valence electrons. The maximum atomic E-state index is 13.8. The van der Waals surface area contributed by atoms with Gasteiger partial charge in [0.25, 0.3) is 5.91 Å². The molecule has 2 aromatic heterocycles. The second-order valence-electron chi connectivity index (χ2n) is 6.84. The molecule has 8 nitrogen and oxygen atoms in total. The van der Waals surface area contributed by atoms with Crippen LogP contribution < -0.4 is 19.5 Å². The molecule has 4 rings (SSSR count). The Labute approximate surface area is 193 Å². The minimum Gasteiger partial charge on any atom is -0.493 e. The van der Waals surface area contributed by atoms with E-state index in [-0.39, 0.29) is 12.4 Å². The van der Waals surface area contributed by atoms with Crippen molar-refractivity contribution in [2.45, 2.75) is 6.54 Å². The third-order valence-corrected chi connectivity index (χ3v) is 5.65. The number of rotatable bonds is 8. The number of amides is 1. The van der Waals surface area contributed by atoms with E-state index in [1.807, 2.05) is 17.5 Å². The molecule has 1 N–H and O–H groups in total. The highest BCUT2D eigenvalue weighted by molar-refractivity contribution is 7.13. The molecule has 0 aliphatic rings. The minimum absolute atomic E-state index is 0.0323. The molecule has 10 heteroatoms. The number of ether oxygens (including phenoxy) is 3. The number of aromatic nitrogens is 3. The lowest BCUT2D eigenvalue weighted by atomic mass is 10.1. The van der Waals surface area contributed by atoms with E-state index in [2.05, 4.69) is 15.4 Å². The summed E-state index contributed by atoms with van der Waals surface area (Å²) in [5.41, 5.74) is 1.20. The van der Waals surface area contributed by atoms with Gasteiger partial charge in [-0.15, -0.1) is 16.4 Å². The zero-order valence-electron chi connectivity index (χ0n) is 18.2. The van der Waals surface area contributed by atoms with Gasteiger partial charge in [0.05, 0.1) is 31.9 Å². The van der Waals surface area contributed by atoms with E-state index in [4.69, 9.17) is 14.2 Å². The first-order valence-corrected chi connectivity index (χ1v) is 10.8. The Balaban J connectivity index is 1.61. The van der Waals surface area contributed by atoms with Crippen molar-refractivity contribution >= 4 is 17.2 Å². The van der Waals surface area contributed by atoms with Crippen LogP contribution >= 0.6 is 11.3 Å². The fourth-order valence-electron chi connectivity index (χ4n) is 3.26. The average Bonchev–Trinajstić information content (AvgIpc) is 3.52. The lowest BCUT2D eigenvalue weighted by molar-refractivity contribution is 0.0940. The van der Waals surface area contributed by atoms with Crippen molar-refractivity contribution in [3.05, 3.63) is 71.1 Å². The fourth-order valence-corrected chi connectivity index (χ4v) is 3.96. The van der Waals surface area contributed by atoms with Crippen molar-refractivity contribution in [3.8, 4) is 33.6 Å². The number of carbonyl (C=O) groups excluding carboxylic acids is 1. The summed E-state index contributed by atoms with van der Waals surface area (Å²) in [5.74, 6) is 0.962. The van der Waals surface area contributed by atoms with Gasteiger partial charge in [-0.1, -0.05) is 12.1 Å². The largest absolute Gasteiger partial charge is 0.493 e. The topological polar surface area (TPSA) is 87.5 Å². The predicted octanol–water partition coefficient (Wildman–Crippen LogP) is 4.09. The van der Waals surface area contributed by atoms with Crippen molar-refractivity contribution in [1.82, 2.24) is 20.1 Å². The number of carbonyl (C=O) groups is 1. The summed E-state index contributed by atoms with van der Waals surface area (Å²) in [4.78, 5) is 18.1. The van der Waals surface area contributed by atoms with Crippen molar-refractivity contribution < 1.29 is 23.4 Å². The molecule has 0 saturated heterocycles. The molecule has 0 atom stereocenters. The lowest BCUT2D eigenvalue weighted by Crippen LogP contribution is -2.24. The molecule has 0 unspecified atom stereocenters. The van der Waals surface area contributed by atoms with Crippen LogP contribution in [0.5, 0.6) is 17.2 Å².